The van der Waals surface area contributed by atoms with Crippen LogP contribution in [0.2, 0.25) is 0 Å². The van der Waals surface area contributed by atoms with Crippen molar-refractivity contribution in [2.75, 3.05) is 0 Å². The van der Waals surface area contributed by atoms with Crippen molar-refractivity contribution >= 4 is 107 Å². The lowest BCUT2D eigenvalue weighted by Crippen LogP contribution is -2.13. The SMILES string of the molecule is CCc1c(C#N)c(-n2c3ccccc3c3c4sc5ccccc5c4ccc32)c(CC)c(-n2c3ccccc3c3c4sc5ccccc5c4ccc32)c1C#N. The third-order valence-corrected chi connectivity index (χ3v) is 13.8. The highest BCUT2D eigenvalue weighted by atomic mass is 32.1. The van der Waals surface area contributed by atoms with Crippen molar-refractivity contribution in [3.63, 3.8) is 0 Å². The Kier molecular flexibility index (Phi) is 6.64. The molecule has 11 rings (SSSR count). The van der Waals surface area contributed by atoms with E-state index in [0.29, 0.717) is 24.0 Å². The first-order valence-corrected chi connectivity index (χ1v) is 20.0. The third-order valence-electron chi connectivity index (χ3n) is 11.4. The number of fused-ring (bicyclic) bond motifs is 14. The largest absolute Gasteiger partial charge is 0.307 e. The first-order valence-electron chi connectivity index (χ1n) is 18.4. The molecule has 7 aromatic carbocycles. The van der Waals surface area contributed by atoms with Gasteiger partial charge < -0.3 is 9.13 Å². The van der Waals surface area contributed by atoms with Gasteiger partial charge in [-0.15, -0.1) is 22.7 Å². The molecule has 54 heavy (non-hydrogen) atoms. The molecule has 0 N–H and O–H groups in total. The number of hydrogen-bond acceptors (Lipinski definition) is 4. The number of nitrogens with zero attached hydrogens (tertiary/aromatic N) is 4. The molecule has 0 amide bonds. The zero-order valence-electron chi connectivity index (χ0n) is 29.6. The molecule has 0 spiro atoms. The lowest BCUT2D eigenvalue weighted by atomic mass is 9.90. The number of nitriles is 2. The van der Waals surface area contributed by atoms with Crippen LogP contribution in [0.1, 0.15) is 36.1 Å². The minimum atomic E-state index is 0.547. The average Bonchev–Trinajstić information content (AvgIpc) is 3.97. The summed E-state index contributed by atoms with van der Waals surface area (Å²) in [6.07, 6.45) is 1.17. The topological polar surface area (TPSA) is 57.4 Å². The summed E-state index contributed by atoms with van der Waals surface area (Å²) in [7, 11) is 0. The van der Waals surface area contributed by atoms with Gasteiger partial charge >= 0.3 is 0 Å². The van der Waals surface area contributed by atoms with Gasteiger partial charge in [-0.2, -0.15) is 10.5 Å². The Hall–Kier alpha value is -6.44. The predicted octanol–water partition coefficient (Wildman–Crippen LogP) is 13.5. The standard InChI is InChI=1S/C48H30N4S2/c1-3-27-35(25-49)45(51-37-17-9-5-15-33(37)43-39(51)23-21-31-29-13-7-11-19-41(29)53-47(31)43)28(4-2)46(36(27)26-50)52-38-18-10-6-16-34(38)44-40(52)24-22-32-30-14-8-12-20-42(30)54-48(32)44/h5-24H,3-4H2,1-2H3. The molecule has 0 bridgehead atoms. The van der Waals surface area contributed by atoms with E-state index < -0.39 is 0 Å². The molecule has 6 heteroatoms. The highest BCUT2D eigenvalue weighted by molar-refractivity contribution is 7.27. The van der Waals surface area contributed by atoms with Crippen LogP contribution in [0.4, 0.5) is 0 Å². The monoisotopic (exact) mass is 726 g/mol. The summed E-state index contributed by atoms with van der Waals surface area (Å²) in [6.45, 7) is 4.22. The molecule has 254 valence electrons. The summed E-state index contributed by atoms with van der Waals surface area (Å²) in [5.74, 6) is 0. The maximum Gasteiger partial charge on any atom is 0.102 e. The van der Waals surface area contributed by atoms with E-state index in [9.17, 15) is 10.5 Å². The van der Waals surface area contributed by atoms with Crippen LogP contribution < -0.4 is 0 Å². The molecule has 0 aliphatic heterocycles. The second-order valence-electron chi connectivity index (χ2n) is 13.9. The van der Waals surface area contributed by atoms with Gasteiger partial charge in [0.25, 0.3) is 0 Å². The lowest BCUT2D eigenvalue weighted by molar-refractivity contribution is 0.986. The minimum absolute atomic E-state index is 0.547. The van der Waals surface area contributed by atoms with Crippen LogP contribution in [0.15, 0.2) is 121 Å². The summed E-state index contributed by atoms with van der Waals surface area (Å²) < 4.78 is 9.68. The van der Waals surface area contributed by atoms with Crippen molar-refractivity contribution < 1.29 is 0 Å². The molecule has 11 aromatic rings. The van der Waals surface area contributed by atoms with E-state index in [-0.39, 0.29) is 0 Å². The van der Waals surface area contributed by atoms with Gasteiger partial charge in [0.05, 0.1) is 44.6 Å². The number of benzene rings is 7. The number of aromatic nitrogens is 2. The Morgan fingerprint density at radius 3 is 1.28 bits per heavy atom. The van der Waals surface area contributed by atoms with Crippen molar-refractivity contribution in [3.05, 3.63) is 144 Å². The Morgan fingerprint density at radius 1 is 0.444 bits per heavy atom. The normalized spacial score (nSPS) is 12.0. The van der Waals surface area contributed by atoms with Gasteiger partial charge in [0.1, 0.15) is 12.1 Å². The molecule has 0 atom stereocenters. The van der Waals surface area contributed by atoms with Crippen LogP contribution >= 0.6 is 22.7 Å². The molecule has 4 heterocycles. The zero-order valence-corrected chi connectivity index (χ0v) is 31.2. The van der Waals surface area contributed by atoms with Crippen molar-refractivity contribution in [3.8, 4) is 23.5 Å². The number of para-hydroxylation sites is 2. The molecule has 4 nitrogen and oxygen atoms in total. The fraction of sp³-hybridized carbons (Fsp3) is 0.0833. The van der Waals surface area contributed by atoms with Crippen LogP contribution in [0.5, 0.6) is 0 Å². The van der Waals surface area contributed by atoms with E-state index in [1.165, 1.54) is 51.1 Å². The molecule has 0 aliphatic carbocycles. The number of thiophene rings is 2. The lowest BCUT2D eigenvalue weighted by Gasteiger charge is -2.24. The van der Waals surface area contributed by atoms with Crippen molar-refractivity contribution in [2.24, 2.45) is 0 Å². The Labute approximate surface area is 318 Å². The Balaban J connectivity index is 1.34. The average molecular weight is 727 g/mol. The van der Waals surface area contributed by atoms with E-state index >= 15 is 0 Å². The summed E-state index contributed by atoms with van der Waals surface area (Å²) >= 11 is 3.66. The minimum Gasteiger partial charge on any atom is -0.307 e. The van der Waals surface area contributed by atoms with Crippen molar-refractivity contribution in [1.82, 2.24) is 9.13 Å². The highest BCUT2D eigenvalue weighted by Gasteiger charge is 2.30. The first-order chi connectivity index (χ1) is 26.7. The highest BCUT2D eigenvalue weighted by Crippen LogP contribution is 2.48. The summed E-state index contributed by atoms with van der Waals surface area (Å²) in [5.41, 5.74) is 8.87. The van der Waals surface area contributed by atoms with E-state index in [4.69, 9.17) is 0 Å². The zero-order chi connectivity index (χ0) is 36.2. The second-order valence-corrected chi connectivity index (χ2v) is 16.0. The van der Waals surface area contributed by atoms with Gasteiger partial charge in [0, 0.05) is 67.5 Å². The molecule has 0 radical (unpaired) electrons. The number of rotatable bonds is 4. The Morgan fingerprint density at radius 2 is 0.852 bits per heavy atom. The maximum absolute atomic E-state index is 11.2. The molecule has 0 aliphatic rings. The first kappa shape index (κ1) is 31.1. The third kappa shape index (κ3) is 3.94. The molecular formula is C48H30N4S2. The molecule has 0 fully saturated rings. The van der Waals surface area contributed by atoms with Crippen molar-refractivity contribution in [2.45, 2.75) is 26.7 Å². The van der Waals surface area contributed by atoms with Crippen LogP contribution in [-0.4, -0.2) is 9.13 Å². The molecule has 0 unspecified atom stereocenters. The Bertz CT molecular complexity index is 3270. The predicted molar refractivity (Wildman–Crippen MR) is 229 cm³/mol. The fourth-order valence-corrected chi connectivity index (χ4v) is 11.7. The molecule has 4 aromatic heterocycles. The van der Waals surface area contributed by atoms with Gasteiger partial charge in [-0.25, -0.2) is 0 Å². The van der Waals surface area contributed by atoms with Crippen LogP contribution in [0, 0.1) is 22.7 Å². The second kappa shape index (κ2) is 11.5. The smallest absolute Gasteiger partial charge is 0.102 e. The van der Waals surface area contributed by atoms with Gasteiger partial charge in [0.2, 0.25) is 0 Å². The van der Waals surface area contributed by atoms with E-state index in [2.05, 4.69) is 156 Å². The quantitative estimate of drug-likeness (QED) is 0.181. The van der Waals surface area contributed by atoms with E-state index in [1.54, 1.807) is 0 Å². The molecule has 0 saturated carbocycles. The van der Waals surface area contributed by atoms with Crippen molar-refractivity contribution in [1.29, 1.82) is 10.5 Å². The molecular weight excluding hydrogens is 697 g/mol. The van der Waals surface area contributed by atoms with Gasteiger partial charge in [-0.3, -0.25) is 0 Å². The van der Waals surface area contributed by atoms with E-state index in [1.807, 2.05) is 22.7 Å². The van der Waals surface area contributed by atoms with Gasteiger partial charge in [0.15, 0.2) is 0 Å². The maximum atomic E-state index is 11.2. The van der Waals surface area contributed by atoms with Crippen LogP contribution in [0.25, 0.3) is 95.3 Å². The summed E-state index contributed by atoms with van der Waals surface area (Å²) in [5, 5.41) is 32.0. The van der Waals surface area contributed by atoms with Gasteiger partial charge in [-0.1, -0.05) is 98.8 Å². The van der Waals surface area contributed by atoms with Crippen LogP contribution in [-0.2, 0) is 12.8 Å². The fourth-order valence-electron chi connectivity index (χ4n) is 9.20. The van der Waals surface area contributed by atoms with Crippen LogP contribution in [0.3, 0.4) is 0 Å². The summed E-state index contributed by atoms with van der Waals surface area (Å²) in [4.78, 5) is 0. The molecule has 0 saturated heterocycles. The van der Waals surface area contributed by atoms with Gasteiger partial charge in [-0.05, 0) is 54.8 Å². The summed E-state index contributed by atoms with van der Waals surface area (Å²) in [6, 6.07) is 48.7. The van der Waals surface area contributed by atoms with E-state index in [0.717, 1.165) is 55.3 Å². The number of hydrogen-bond donors (Lipinski definition) is 0.